The second-order valence-corrected chi connectivity index (χ2v) is 11.2. The Bertz CT molecular complexity index is 1510. The van der Waals surface area contributed by atoms with E-state index in [1.807, 2.05) is 30.3 Å². The Labute approximate surface area is 221 Å². The number of aromatic nitrogens is 3. The number of sulfone groups is 1. The normalized spacial score (nSPS) is 14.4. The highest BCUT2D eigenvalue weighted by atomic mass is 32.2. The molecule has 4 aromatic rings. The molecule has 2 N–H and O–H groups in total. The molecule has 1 aliphatic heterocycles. The zero-order chi connectivity index (χ0) is 26.5. The van der Waals surface area contributed by atoms with Crippen molar-refractivity contribution in [1.29, 1.82) is 0 Å². The van der Waals surface area contributed by atoms with Gasteiger partial charge in [-0.1, -0.05) is 18.2 Å². The molecule has 0 saturated carbocycles. The van der Waals surface area contributed by atoms with Gasteiger partial charge in [0.05, 0.1) is 23.8 Å². The van der Waals surface area contributed by atoms with E-state index in [0.717, 1.165) is 56.2 Å². The number of ether oxygens (including phenoxy) is 1. The van der Waals surface area contributed by atoms with Crippen LogP contribution in [0.15, 0.2) is 71.6 Å². The number of benzene rings is 2. The maximum absolute atomic E-state index is 12.5. The Morgan fingerprint density at radius 2 is 1.74 bits per heavy atom. The second kappa shape index (κ2) is 11.3. The van der Waals surface area contributed by atoms with E-state index in [1.165, 1.54) is 6.26 Å². The van der Waals surface area contributed by atoms with Crippen molar-refractivity contribution in [2.45, 2.75) is 11.3 Å². The lowest BCUT2D eigenvalue weighted by molar-refractivity contribution is 0.0374. The number of rotatable bonds is 9. The summed E-state index contributed by atoms with van der Waals surface area (Å²) in [6.07, 6.45) is 2.08. The lowest BCUT2D eigenvalue weighted by Crippen LogP contribution is -2.38. The van der Waals surface area contributed by atoms with Gasteiger partial charge in [0.15, 0.2) is 15.5 Å². The number of fused-ring (bicyclic) bond motifs is 1. The van der Waals surface area contributed by atoms with Crippen molar-refractivity contribution < 1.29 is 17.9 Å². The maximum Gasteiger partial charge on any atom is 0.251 e. The Morgan fingerprint density at radius 1 is 1.00 bits per heavy atom. The number of amides is 1. The van der Waals surface area contributed by atoms with Crippen LogP contribution in [-0.2, 0) is 14.6 Å². The molecule has 1 fully saturated rings. The third-order valence-corrected chi connectivity index (χ3v) is 7.51. The molecule has 1 amide bonds. The van der Waals surface area contributed by atoms with Crippen LogP contribution in [0.5, 0.6) is 0 Å². The summed E-state index contributed by atoms with van der Waals surface area (Å²) in [6.45, 7) is 5.03. The number of nitrogens with one attached hydrogen (secondary N) is 2. The van der Waals surface area contributed by atoms with Crippen LogP contribution in [0.3, 0.4) is 0 Å². The minimum absolute atomic E-state index is 0.101. The fourth-order valence-electron chi connectivity index (χ4n) is 4.32. The summed E-state index contributed by atoms with van der Waals surface area (Å²) in [7, 11) is -3.27. The predicted molar refractivity (Wildman–Crippen MR) is 145 cm³/mol. The Morgan fingerprint density at radius 3 is 2.45 bits per heavy atom. The fraction of sp³-hybridized carbons (Fsp3) is 0.296. The number of nitrogens with zero attached hydrogens (tertiary/aromatic N) is 4. The molecule has 10 nitrogen and oxygen atoms in total. The van der Waals surface area contributed by atoms with Crippen LogP contribution in [0.2, 0.25) is 0 Å². The number of anilines is 2. The van der Waals surface area contributed by atoms with Gasteiger partial charge in [0.2, 0.25) is 5.95 Å². The molecule has 2 aromatic carbocycles. The van der Waals surface area contributed by atoms with E-state index in [1.54, 1.807) is 40.9 Å². The first kappa shape index (κ1) is 25.8. The van der Waals surface area contributed by atoms with E-state index in [2.05, 4.69) is 25.6 Å². The maximum atomic E-state index is 12.5. The standard InChI is InChI=1S/C27H30N6O4S/c1-38(35,36)23-12-8-20(9-13-23)24-4-2-5-25-30-27(31-33(24)25)29-22-10-6-21(7-11-22)26(34)28-14-3-15-32-16-18-37-19-17-32/h2,4-13H,3,14-19H2,1H3,(H,28,34)(H,29,31). The molecule has 0 unspecified atom stereocenters. The zero-order valence-electron chi connectivity index (χ0n) is 21.1. The lowest BCUT2D eigenvalue weighted by Gasteiger charge is -2.26. The number of morpholine rings is 1. The van der Waals surface area contributed by atoms with E-state index in [0.29, 0.717) is 23.7 Å². The monoisotopic (exact) mass is 534 g/mol. The molecule has 0 spiro atoms. The van der Waals surface area contributed by atoms with Crippen LogP contribution in [-0.4, -0.2) is 79.5 Å². The topological polar surface area (TPSA) is 118 Å². The van der Waals surface area contributed by atoms with Gasteiger partial charge in [0, 0.05) is 42.7 Å². The molecule has 2 aromatic heterocycles. The minimum atomic E-state index is -3.27. The number of hydrogen-bond donors (Lipinski definition) is 2. The fourth-order valence-corrected chi connectivity index (χ4v) is 4.95. The van der Waals surface area contributed by atoms with Gasteiger partial charge >= 0.3 is 0 Å². The summed E-state index contributed by atoms with van der Waals surface area (Å²) in [4.78, 5) is 19.7. The molecule has 1 aliphatic rings. The van der Waals surface area contributed by atoms with Crippen molar-refractivity contribution >= 4 is 33.0 Å². The number of hydrogen-bond acceptors (Lipinski definition) is 8. The van der Waals surface area contributed by atoms with Crippen molar-refractivity contribution in [2.75, 3.05) is 51.0 Å². The van der Waals surface area contributed by atoms with Crippen molar-refractivity contribution in [3.63, 3.8) is 0 Å². The van der Waals surface area contributed by atoms with Crippen molar-refractivity contribution in [1.82, 2.24) is 24.8 Å². The van der Waals surface area contributed by atoms with Gasteiger partial charge < -0.3 is 15.4 Å². The summed E-state index contributed by atoms with van der Waals surface area (Å²) in [5, 5.41) is 10.8. The van der Waals surface area contributed by atoms with Gasteiger partial charge in [-0.15, -0.1) is 5.10 Å². The largest absolute Gasteiger partial charge is 0.379 e. The van der Waals surface area contributed by atoms with Gasteiger partial charge in [-0.05, 0) is 61.5 Å². The minimum Gasteiger partial charge on any atom is -0.379 e. The highest BCUT2D eigenvalue weighted by Gasteiger charge is 2.13. The van der Waals surface area contributed by atoms with E-state index in [9.17, 15) is 13.2 Å². The Kier molecular flexibility index (Phi) is 7.68. The van der Waals surface area contributed by atoms with Gasteiger partial charge in [-0.25, -0.2) is 12.9 Å². The lowest BCUT2D eigenvalue weighted by atomic mass is 10.1. The number of pyridine rings is 1. The summed E-state index contributed by atoms with van der Waals surface area (Å²) >= 11 is 0. The third kappa shape index (κ3) is 6.18. The molecular weight excluding hydrogens is 504 g/mol. The molecule has 38 heavy (non-hydrogen) atoms. The average Bonchev–Trinajstić information content (AvgIpc) is 3.34. The molecule has 0 aliphatic carbocycles. The van der Waals surface area contributed by atoms with Gasteiger partial charge in [0.25, 0.3) is 5.91 Å². The first-order valence-electron chi connectivity index (χ1n) is 12.5. The molecule has 0 atom stereocenters. The van der Waals surface area contributed by atoms with Gasteiger partial charge in [0.1, 0.15) is 0 Å². The highest BCUT2D eigenvalue weighted by Crippen LogP contribution is 2.23. The van der Waals surface area contributed by atoms with Crippen molar-refractivity contribution in [3.05, 3.63) is 72.3 Å². The van der Waals surface area contributed by atoms with Crippen LogP contribution in [0.25, 0.3) is 16.9 Å². The van der Waals surface area contributed by atoms with Crippen molar-refractivity contribution in [3.8, 4) is 11.3 Å². The van der Waals surface area contributed by atoms with Crippen molar-refractivity contribution in [2.24, 2.45) is 0 Å². The first-order valence-corrected chi connectivity index (χ1v) is 14.4. The quantitative estimate of drug-likeness (QED) is 0.315. The molecular formula is C27H30N6O4S. The summed E-state index contributed by atoms with van der Waals surface area (Å²) in [5.41, 5.74) is 3.59. The number of carbonyl (C=O) groups excluding carboxylic acids is 1. The Hall–Kier alpha value is -3.80. The number of carbonyl (C=O) groups is 1. The average molecular weight is 535 g/mol. The predicted octanol–water partition coefficient (Wildman–Crippen LogP) is 3.00. The van der Waals surface area contributed by atoms with Crippen LogP contribution in [0.1, 0.15) is 16.8 Å². The smallest absolute Gasteiger partial charge is 0.251 e. The molecule has 3 heterocycles. The molecule has 5 rings (SSSR count). The van der Waals surface area contributed by atoms with E-state index in [4.69, 9.17) is 4.74 Å². The molecule has 0 bridgehead atoms. The van der Waals surface area contributed by atoms with Gasteiger partial charge in [-0.3, -0.25) is 9.69 Å². The summed E-state index contributed by atoms with van der Waals surface area (Å²) in [6, 6.07) is 19.5. The second-order valence-electron chi connectivity index (χ2n) is 9.18. The van der Waals surface area contributed by atoms with Gasteiger partial charge in [-0.2, -0.15) is 4.98 Å². The molecule has 0 radical (unpaired) electrons. The molecule has 11 heteroatoms. The van der Waals surface area contributed by atoms with Crippen LogP contribution in [0, 0.1) is 0 Å². The van der Waals surface area contributed by atoms with Crippen LogP contribution < -0.4 is 10.6 Å². The van der Waals surface area contributed by atoms with Crippen LogP contribution >= 0.6 is 0 Å². The highest BCUT2D eigenvalue weighted by molar-refractivity contribution is 7.90. The molecule has 1 saturated heterocycles. The van der Waals surface area contributed by atoms with E-state index < -0.39 is 9.84 Å². The SMILES string of the molecule is CS(=O)(=O)c1ccc(-c2cccc3nc(Nc4ccc(C(=O)NCCCN5CCOCC5)cc4)nn23)cc1. The zero-order valence-corrected chi connectivity index (χ0v) is 21.9. The Balaban J connectivity index is 1.21. The van der Waals surface area contributed by atoms with E-state index >= 15 is 0 Å². The molecule has 198 valence electrons. The first-order chi connectivity index (χ1) is 18.4. The summed E-state index contributed by atoms with van der Waals surface area (Å²) < 4.78 is 30.6. The van der Waals surface area contributed by atoms with E-state index in [-0.39, 0.29) is 10.8 Å². The van der Waals surface area contributed by atoms with Crippen LogP contribution in [0.4, 0.5) is 11.6 Å². The third-order valence-electron chi connectivity index (χ3n) is 6.38. The summed E-state index contributed by atoms with van der Waals surface area (Å²) in [5.74, 6) is 0.307.